The lowest BCUT2D eigenvalue weighted by Crippen LogP contribution is -2.42. The molecule has 0 aliphatic carbocycles. The van der Waals surface area contributed by atoms with Gasteiger partial charge in [0, 0.05) is 12.1 Å². The highest BCUT2D eigenvalue weighted by atomic mass is 32.2. The number of benzene rings is 3. The van der Waals surface area contributed by atoms with Gasteiger partial charge in [-0.1, -0.05) is 54.2 Å². The minimum absolute atomic E-state index is 0.0623. The smallest absolute Gasteiger partial charge is 0.269 e. The number of halogens is 1. The summed E-state index contributed by atoms with van der Waals surface area (Å²) in [5.74, 6) is -1.55. The third-order valence-electron chi connectivity index (χ3n) is 5.27. The Hall–Kier alpha value is -3.98. The van der Waals surface area contributed by atoms with Crippen LogP contribution in [0.15, 0.2) is 88.8 Å². The molecule has 0 bridgehead atoms. The predicted molar refractivity (Wildman–Crippen MR) is 133 cm³/mol. The van der Waals surface area contributed by atoms with Gasteiger partial charge in [-0.25, -0.2) is 9.37 Å². The van der Waals surface area contributed by atoms with E-state index in [1.807, 2.05) is 30.3 Å². The molecule has 4 aromatic rings. The number of thioether (sulfide) groups is 1. The maximum absolute atomic E-state index is 13.2. The number of rotatable bonds is 8. The number of nitrogens with zero attached hydrogens (tertiary/aromatic N) is 2. The molecule has 2 amide bonds. The topological polar surface area (TPSA) is 93.1 Å². The highest BCUT2D eigenvalue weighted by Gasteiger charge is 2.14. The van der Waals surface area contributed by atoms with Crippen molar-refractivity contribution in [3.05, 3.63) is 106 Å². The molecule has 35 heavy (non-hydrogen) atoms. The second-order valence-corrected chi connectivity index (χ2v) is 8.70. The first-order valence-corrected chi connectivity index (χ1v) is 12.0. The van der Waals surface area contributed by atoms with Crippen LogP contribution < -0.4 is 16.4 Å². The van der Waals surface area contributed by atoms with Gasteiger partial charge >= 0.3 is 0 Å². The Morgan fingerprint density at radius 2 is 1.63 bits per heavy atom. The van der Waals surface area contributed by atoms with Crippen molar-refractivity contribution >= 4 is 34.5 Å². The molecule has 0 unspecified atom stereocenters. The monoisotopic (exact) mass is 490 g/mol. The third-order valence-corrected chi connectivity index (χ3v) is 6.25. The van der Waals surface area contributed by atoms with Gasteiger partial charge in [-0.3, -0.25) is 29.8 Å². The number of aryl methyl sites for hydroxylation is 1. The summed E-state index contributed by atoms with van der Waals surface area (Å²) in [4.78, 5) is 42.2. The molecule has 1 aromatic heterocycles. The van der Waals surface area contributed by atoms with Gasteiger partial charge in [-0.05, 0) is 54.8 Å². The number of hydrogen-bond acceptors (Lipinski definition) is 5. The van der Waals surface area contributed by atoms with E-state index < -0.39 is 17.6 Å². The van der Waals surface area contributed by atoms with E-state index in [2.05, 4.69) is 15.8 Å². The van der Waals surface area contributed by atoms with Gasteiger partial charge in [0.05, 0.1) is 16.7 Å². The van der Waals surface area contributed by atoms with E-state index in [4.69, 9.17) is 0 Å². The van der Waals surface area contributed by atoms with Gasteiger partial charge in [-0.15, -0.1) is 0 Å². The summed E-state index contributed by atoms with van der Waals surface area (Å²) in [5.41, 5.74) is 6.43. The molecule has 0 atom stereocenters. The number of amides is 2. The van der Waals surface area contributed by atoms with Crippen molar-refractivity contribution in [2.24, 2.45) is 0 Å². The van der Waals surface area contributed by atoms with Gasteiger partial charge in [0.25, 0.3) is 11.5 Å². The minimum atomic E-state index is -0.565. The summed E-state index contributed by atoms with van der Waals surface area (Å²) in [6.07, 6.45) is 1.54. The average Bonchev–Trinajstić information content (AvgIpc) is 2.88. The standard InChI is InChI=1S/C26H23FN4O3S/c27-20-14-12-19(13-15-20)24(33)30-29-23(32)17-35-26-28-22-11-5-4-10-21(22)25(34)31(26)16-6-9-18-7-2-1-3-8-18/h1-5,7-8,10-15H,6,9,16-17H2,(H,29,32)(H,30,33). The minimum Gasteiger partial charge on any atom is -0.287 e. The van der Waals surface area contributed by atoms with E-state index in [9.17, 15) is 18.8 Å². The first-order valence-electron chi connectivity index (χ1n) is 11.0. The fourth-order valence-electron chi connectivity index (χ4n) is 3.51. The summed E-state index contributed by atoms with van der Waals surface area (Å²) < 4.78 is 14.6. The van der Waals surface area contributed by atoms with Crippen molar-refractivity contribution in [2.45, 2.75) is 24.5 Å². The van der Waals surface area contributed by atoms with E-state index >= 15 is 0 Å². The summed E-state index contributed by atoms with van der Waals surface area (Å²) in [7, 11) is 0. The van der Waals surface area contributed by atoms with E-state index in [1.165, 1.54) is 17.7 Å². The predicted octanol–water partition coefficient (Wildman–Crippen LogP) is 3.72. The van der Waals surface area contributed by atoms with Crippen molar-refractivity contribution in [1.29, 1.82) is 0 Å². The summed E-state index contributed by atoms with van der Waals surface area (Å²) in [5, 5.41) is 0.953. The SMILES string of the molecule is O=C(CSc1nc2ccccc2c(=O)n1CCCc1ccccc1)NNC(=O)c1ccc(F)cc1. The Morgan fingerprint density at radius 3 is 2.40 bits per heavy atom. The molecule has 0 aliphatic rings. The number of para-hydroxylation sites is 1. The number of hydrazine groups is 1. The molecular weight excluding hydrogens is 467 g/mol. The number of carbonyl (C=O) groups is 2. The summed E-state index contributed by atoms with van der Waals surface area (Å²) in [6.45, 7) is 0.455. The maximum Gasteiger partial charge on any atom is 0.269 e. The van der Waals surface area contributed by atoms with Crippen LogP contribution in [0.1, 0.15) is 22.3 Å². The molecule has 3 aromatic carbocycles. The van der Waals surface area contributed by atoms with Crippen LogP contribution in [0.4, 0.5) is 4.39 Å². The molecule has 0 radical (unpaired) electrons. The van der Waals surface area contributed by atoms with Crippen LogP contribution in [0.5, 0.6) is 0 Å². The van der Waals surface area contributed by atoms with Crippen LogP contribution in [-0.4, -0.2) is 27.1 Å². The third kappa shape index (κ3) is 6.33. The van der Waals surface area contributed by atoms with Crippen LogP contribution in [0.3, 0.4) is 0 Å². The van der Waals surface area contributed by atoms with E-state index in [0.717, 1.165) is 36.7 Å². The lowest BCUT2D eigenvalue weighted by Gasteiger charge is -2.13. The number of aromatic nitrogens is 2. The lowest BCUT2D eigenvalue weighted by atomic mass is 10.1. The normalized spacial score (nSPS) is 10.8. The molecule has 0 aliphatic heterocycles. The number of fused-ring (bicyclic) bond motifs is 1. The van der Waals surface area contributed by atoms with Gasteiger partial charge in [0.15, 0.2) is 5.16 Å². The molecule has 7 nitrogen and oxygen atoms in total. The molecule has 9 heteroatoms. The molecular formula is C26H23FN4O3S. The first kappa shape index (κ1) is 24.2. The number of carbonyl (C=O) groups excluding carboxylic acids is 2. The van der Waals surface area contributed by atoms with Crippen LogP contribution >= 0.6 is 11.8 Å². The van der Waals surface area contributed by atoms with Gasteiger partial charge in [-0.2, -0.15) is 0 Å². The quantitative estimate of drug-likeness (QED) is 0.223. The summed E-state index contributed by atoms with van der Waals surface area (Å²) >= 11 is 1.12. The highest BCUT2D eigenvalue weighted by molar-refractivity contribution is 7.99. The maximum atomic E-state index is 13.2. The zero-order valence-corrected chi connectivity index (χ0v) is 19.6. The van der Waals surface area contributed by atoms with Crippen molar-refractivity contribution in [1.82, 2.24) is 20.4 Å². The van der Waals surface area contributed by atoms with E-state index in [-0.39, 0.29) is 16.9 Å². The average molecular weight is 491 g/mol. The molecule has 0 spiro atoms. The zero-order valence-electron chi connectivity index (χ0n) is 18.7. The Balaban J connectivity index is 1.42. The van der Waals surface area contributed by atoms with Gasteiger partial charge in [0.1, 0.15) is 5.82 Å². The van der Waals surface area contributed by atoms with Crippen molar-refractivity contribution in [2.75, 3.05) is 5.75 Å². The lowest BCUT2D eigenvalue weighted by molar-refractivity contribution is -0.119. The molecule has 0 saturated carbocycles. The van der Waals surface area contributed by atoms with Crippen molar-refractivity contribution in [3.8, 4) is 0 Å². The Bertz CT molecular complexity index is 1390. The Morgan fingerprint density at radius 1 is 0.914 bits per heavy atom. The molecule has 178 valence electrons. The second kappa shape index (κ2) is 11.4. The molecule has 0 fully saturated rings. The fraction of sp³-hybridized carbons (Fsp3) is 0.154. The van der Waals surface area contributed by atoms with Crippen LogP contribution in [0.2, 0.25) is 0 Å². The second-order valence-electron chi connectivity index (χ2n) is 7.76. The molecule has 2 N–H and O–H groups in total. The van der Waals surface area contributed by atoms with Crippen molar-refractivity contribution < 1.29 is 14.0 Å². The Kier molecular flexibility index (Phi) is 7.89. The summed E-state index contributed by atoms with van der Waals surface area (Å²) in [6, 6.07) is 22.1. The fourth-order valence-corrected chi connectivity index (χ4v) is 4.33. The number of nitrogens with one attached hydrogen (secondary N) is 2. The van der Waals surface area contributed by atoms with Gasteiger partial charge in [0.2, 0.25) is 5.91 Å². The van der Waals surface area contributed by atoms with Crippen molar-refractivity contribution in [3.63, 3.8) is 0 Å². The Labute approximate surface area is 205 Å². The van der Waals surface area contributed by atoms with E-state index in [1.54, 1.807) is 28.8 Å². The van der Waals surface area contributed by atoms with Crippen LogP contribution in [0, 0.1) is 5.82 Å². The molecule has 0 saturated heterocycles. The van der Waals surface area contributed by atoms with Gasteiger partial charge < -0.3 is 0 Å². The first-order chi connectivity index (χ1) is 17.0. The van der Waals surface area contributed by atoms with E-state index in [0.29, 0.717) is 22.6 Å². The van der Waals surface area contributed by atoms with Crippen LogP contribution in [0.25, 0.3) is 10.9 Å². The largest absolute Gasteiger partial charge is 0.287 e. The highest BCUT2D eigenvalue weighted by Crippen LogP contribution is 2.18. The molecule has 1 heterocycles. The number of hydrogen-bond donors (Lipinski definition) is 2. The van der Waals surface area contributed by atoms with Crippen LogP contribution in [-0.2, 0) is 17.8 Å². The molecule has 4 rings (SSSR count). The zero-order chi connectivity index (χ0) is 24.6.